The SMILES string of the molecule is NCCCCCCN1CCC2(CCCC2)CC1. The van der Waals surface area contributed by atoms with Crippen molar-refractivity contribution in [3.8, 4) is 0 Å². The molecular formula is C15H30N2. The van der Waals surface area contributed by atoms with Crippen LogP contribution in [0.5, 0.6) is 0 Å². The number of hydrogen-bond donors (Lipinski definition) is 1. The van der Waals surface area contributed by atoms with Gasteiger partial charge in [0.2, 0.25) is 0 Å². The molecule has 2 heteroatoms. The predicted octanol–water partition coefficient (Wildman–Crippen LogP) is 3.16. The molecule has 1 saturated carbocycles. The Morgan fingerprint density at radius 2 is 1.47 bits per heavy atom. The van der Waals surface area contributed by atoms with Crippen LogP contribution in [-0.2, 0) is 0 Å². The van der Waals surface area contributed by atoms with E-state index >= 15 is 0 Å². The molecule has 2 nitrogen and oxygen atoms in total. The van der Waals surface area contributed by atoms with Crippen LogP contribution in [0.4, 0.5) is 0 Å². The average molecular weight is 238 g/mol. The summed E-state index contributed by atoms with van der Waals surface area (Å²) in [4.78, 5) is 2.70. The first-order valence-corrected chi connectivity index (χ1v) is 7.77. The number of nitrogens with two attached hydrogens (primary N) is 1. The van der Waals surface area contributed by atoms with Gasteiger partial charge in [-0.1, -0.05) is 25.7 Å². The van der Waals surface area contributed by atoms with E-state index < -0.39 is 0 Å². The minimum absolute atomic E-state index is 0.788. The molecule has 2 fully saturated rings. The maximum absolute atomic E-state index is 5.51. The molecule has 0 aromatic carbocycles. The number of nitrogens with zero attached hydrogens (tertiary/aromatic N) is 1. The highest BCUT2D eigenvalue weighted by atomic mass is 15.1. The van der Waals surface area contributed by atoms with Gasteiger partial charge in [0.1, 0.15) is 0 Å². The Hall–Kier alpha value is -0.0800. The highest BCUT2D eigenvalue weighted by molar-refractivity contribution is 4.89. The van der Waals surface area contributed by atoms with E-state index in [2.05, 4.69) is 4.90 Å². The van der Waals surface area contributed by atoms with E-state index in [0.717, 1.165) is 12.0 Å². The summed E-state index contributed by atoms with van der Waals surface area (Å²) < 4.78 is 0. The lowest BCUT2D eigenvalue weighted by Gasteiger charge is -2.39. The molecule has 1 saturated heterocycles. The molecule has 0 atom stereocenters. The van der Waals surface area contributed by atoms with Crippen LogP contribution < -0.4 is 5.73 Å². The van der Waals surface area contributed by atoms with Gasteiger partial charge >= 0.3 is 0 Å². The largest absolute Gasteiger partial charge is 0.330 e. The van der Waals surface area contributed by atoms with Crippen molar-refractivity contribution >= 4 is 0 Å². The highest BCUT2D eigenvalue weighted by Crippen LogP contribution is 2.46. The Labute approximate surface area is 107 Å². The fraction of sp³-hybridized carbons (Fsp3) is 1.00. The molecule has 1 aliphatic heterocycles. The number of hydrogen-bond acceptors (Lipinski definition) is 2. The van der Waals surface area contributed by atoms with Gasteiger partial charge < -0.3 is 10.6 Å². The lowest BCUT2D eigenvalue weighted by molar-refractivity contribution is 0.107. The third kappa shape index (κ3) is 3.96. The number of rotatable bonds is 6. The van der Waals surface area contributed by atoms with Crippen LogP contribution in [-0.4, -0.2) is 31.1 Å². The summed E-state index contributed by atoms with van der Waals surface area (Å²) in [6.07, 6.45) is 14.3. The van der Waals surface area contributed by atoms with Crippen molar-refractivity contribution in [2.45, 2.75) is 64.2 Å². The third-order valence-corrected chi connectivity index (χ3v) is 5.01. The van der Waals surface area contributed by atoms with Gasteiger partial charge in [-0.15, -0.1) is 0 Å². The molecule has 1 spiro atoms. The molecule has 0 aromatic heterocycles. The van der Waals surface area contributed by atoms with Crippen LogP contribution in [0.1, 0.15) is 64.2 Å². The van der Waals surface area contributed by atoms with Gasteiger partial charge in [0.25, 0.3) is 0 Å². The number of likely N-dealkylation sites (tertiary alicyclic amines) is 1. The second-order valence-corrected chi connectivity index (χ2v) is 6.25. The van der Waals surface area contributed by atoms with Crippen LogP contribution in [0.25, 0.3) is 0 Å². The van der Waals surface area contributed by atoms with Crippen molar-refractivity contribution in [3.63, 3.8) is 0 Å². The first-order chi connectivity index (χ1) is 8.35. The normalized spacial score (nSPS) is 24.5. The van der Waals surface area contributed by atoms with Crippen LogP contribution >= 0.6 is 0 Å². The molecule has 0 unspecified atom stereocenters. The van der Waals surface area contributed by atoms with Gasteiger partial charge in [-0.05, 0) is 70.1 Å². The Morgan fingerprint density at radius 1 is 0.824 bits per heavy atom. The molecular weight excluding hydrogens is 208 g/mol. The lowest BCUT2D eigenvalue weighted by atomic mass is 9.77. The molecule has 2 aliphatic rings. The second-order valence-electron chi connectivity index (χ2n) is 6.25. The van der Waals surface area contributed by atoms with E-state index in [1.807, 2.05) is 0 Å². The summed E-state index contributed by atoms with van der Waals surface area (Å²) in [5.74, 6) is 0. The minimum atomic E-state index is 0.788. The number of piperidine rings is 1. The standard InChI is InChI=1S/C15H30N2/c16-11-5-1-2-6-12-17-13-9-15(10-14-17)7-3-4-8-15/h1-14,16H2. The van der Waals surface area contributed by atoms with Gasteiger partial charge in [-0.3, -0.25) is 0 Å². The molecule has 0 amide bonds. The van der Waals surface area contributed by atoms with E-state index in [4.69, 9.17) is 5.73 Å². The topological polar surface area (TPSA) is 29.3 Å². The van der Waals surface area contributed by atoms with Crippen molar-refractivity contribution in [1.29, 1.82) is 0 Å². The van der Waals surface area contributed by atoms with Gasteiger partial charge in [-0.2, -0.15) is 0 Å². The quantitative estimate of drug-likeness (QED) is 0.720. The summed E-state index contributed by atoms with van der Waals surface area (Å²) in [5.41, 5.74) is 6.30. The molecule has 0 bridgehead atoms. The smallest absolute Gasteiger partial charge is 0.00134 e. The zero-order valence-electron chi connectivity index (χ0n) is 11.4. The summed E-state index contributed by atoms with van der Waals surface area (Å²) in [5, 5.41) is 0. The number of unbranched alkanes of at least 4 members (excludes halogenated alkanes) is 3. The van der Waals surface area contributed by atoms with E-state index in [0.29, 0.717) is 0 Å². The van der Waals surface area contributed by atoms with E-state index in [1.165, 1.54) is 83.8 Å². The monoisotopic (exact) mass is 238 g/mol. The van der Waals surface area contributed by atoms with Gasteiger partial charge in [0.15, 0.2) is 0 Å². The first kappa shape index (κ1) is 13.4. The predicted molar refractivity (Wildman–Crippen MR) is 74.1 cm³/mol. The molecule has 100 valence electrons. The third-order valence-electron chi connectivity index (χ3n) is 5.01. The van der Waals surface area contributed by atoms with Crippen molar-refractivity contribution in [2.24, 2.45) is 11.1 Å². The van der Waals surface area contributed by atoms with Gasteiger partial charge in [0, 0.05) is 0 Å². The molecule has 1 aliphatic carbocycles. The highest BCUT2D eigenvalue weighted by Gasteiger charge is 2.36. The summed E-state index contributed by atoms with van der Waals surface area (Å²) in [6.45, 7) is 4.95. The van der Waals surface area contributed by atoms with Gasteiger partial charge in [0.05, 0.1) is 0 Å². The van der Waals surface area contributed by atoms with E-state index in [1.54, 1.807) is 0 Å². The lowest BCUT2D eigenvalue weighted by Crippen LogP contribution is -2.39. The molecule has 2 rings (SSSR count). The van der Waals surface area contributed by atoms with Crippen LogP contribution in [0, 0.1) is 5.41 Å². The first-order valence-electron chi connectivity index (χ1n) is 7.77. The molecule has 0 radical (unpaired) electrons. The maximum Gasteiger partial charge on any atom is -0.00134 e. The molecule has 2 N–H and O–H groups in total. The maximum atomic E-state index is 5.51. The van der Waals surface area contributed by atoms with Gasteiger partial charge in [-0.25, -0.2) is 0 Å². The van der Waals surface area contributed by atoms with Crippen LogP contribution in [0.15, 0.2) is 0 Å². The second kappa shape index (κ2) is 6.75. The zero-order valence-corrected chi connectivity index (χ0v) is 11.4. The Morgan fingerprint density at radius 3 is 2.12 bits per heavy atom. The Kier molecular flexibility index (Phi) is 5.30. The fourth-order valence-electron chi connectivity index (χ4n) is 3.71. The van der Waals surface area contributed by atoms with Crippen molar-refractivity contribution < 1.29 is 0 Å². The Bertz CT molecular complexity index is 199. The summed E-state index contributed by atoms with van der Waals surface area (Å²) >= 11 is 0. The van der Waals surface area contributed by atoms with Crippen LogP contribution in [0.2, 0.25) is 0 Å². The minimum Gasteiger partial charge on any atom is -0.330 e. The molecule has 17 heavy (non-hydrogen) atoms. The Balaban J connectivity index is 1.56. The fourth-order valence-corrected chi connectivity index (χ4v) is 3.71. The summed E-state index contributed by atoms with van der Waals surface area (Å²) in [6, 6.07) is 0. The van der Waals surface area contributed by atoms with Crippen molar-refractivity contribution in [3.05, 3.63) is 0 Å². The average Bonchev–Trinajstić information content (AvgIpc) is 2.80. The molecule has 1 heterocycles. The molecule has 0 aromatic rings. The zero-order chi connectivity index (χ0) is 12.0. The van der Waals surface area contributed by atoms with Crippen LogP contribution in [0.3, 0.4) is 0 Å². The van der Waals surface area contributed by atoms with E-state index in [9.17, 15) is 0 Å². The summed E-state index contributed by atoms with van der Waals surface area (Å²) in [7, 11) is 0. The van der Waals surface area contributed by atoms with Crippen molar-refractivity contribution in [2.75, 3.05) is 26.2 Å². The van der Waals surface area contributed by atoms with E-state index in [-0.39, 0.29) is 0 Å². The van der Waals surface area contributed by atoms with Crippen molar-refractivity contribution in [1.82, 2.24) is 4.90 Å².